The zero-order valence-electron chi connectivity index (χ0n) is 33.8. The number of fused-ring (bicyclic) bond motifs is 5. The van der Waals surface area contributed by atoms with Crippen LogP contribution in [0.25, 0.3) is 117 Å². The lowest BCUT2D eigenvalue weighted by atomic mass is 10.0. The Morgan fingerprint density at radius 2 is 0.762 bits per heavy atom. The van der Waals surface area contributed by atoms with Gasteiger partial charge in [-0.1, -0.05) is 133 Å². The zero-order chi connectivity index (χ0) is 41.7. The molecule has 0 fully saturated rings. The molecule has 63 heavy (non-hydrogen) atoms. The lowest BCUT2D eigenvalue weighted by Crippen LogP contribution is -2.00. The van der Waals surface area contributed by atoms with Crippen molar-refractivity contribution in [2.75, 3.05) is 0 Å². The lowest BCUT2D eigenvalue weighted by Gasteiger charge is -2.11. The molecule has 0 atom stereocenters. The summed E-state index contributed by atoms with van der Waals surface area (Å²) < 4.78 is 2.32. The van der Waals surface area contributed by atoms with Gasteiger partial charge in [0.1, 0.15) is 0 Å². The van der Waals surface area contributed by atoms with Crippen molar-refractivity contribution in [2.45, 2.75) is 0 Å². The molecule has 0 aliphatic heterocycles. The Labute approximate surface area is 362 Å². The SMILES string of the molecule is c1ccc(-c2nc(-c3ccc(-c4ccc5ccc(-c6ccc7ccc(-c8ccccn8)nc7c6)cc5n4)cc3)nc(-c3ccc(-n4c5ccccc5c5ccccc54)cc3)n2)cc1. The molecule has 5 heterocycles. The monoisotopic (exact) mass is 805 g/mol. The molecule has 0 saturated heterocycles. The second kappa shape index (κ2) is 15.1. The Kier molecular flexibility index (Phi) is 8.67. The van der Waals surface area contributed by atoms with E-state index in [1.807, 2.05) is 54.6 Å². The number of hydrogen-bond acceptors (Lipinski definition) is 6. The van der Waals surface area contributed by atoms with E-state index in [1.165, 1.54) is 21.8 Å². The predicted octanol–water partition coefficient (Wildman–Crippen LogP) is 13.5. The van der Waals surface area contributed by atoms with Gasteiger partial charge in [-0.25, -0.2) is 24.9 Å². The van der Waals surface area contributed by atoms with Crippen LogP contribution in [0.2, 0.25) is 0 Å². The summed E-state index contributed by atoms with van der Waals surface area (Å²) in [5, 5.41) is 4.62. The minimum atomic E-state index is 0.602. The third-order valence-corrected chi connectivity index (χ3v) is 11.7. The van der Waals surface area contributed by atoms with Gasteiger partial charge < -0.3 is 4.57 Å². The molecule has 7 nitrogen and oxygen atoms in total. The maximum atomic E-state index is 5.15. The molecule has 0 amide bonds. The lowest BCUT2D eigenvalue weighted by molar-refractivity contribution is 1.07. The van der Waals surface area contributed by atoms with Crippen LogP contribution in [0.3, 0.4) is 0 Å². The standard InChI is InChI=1S/C56H35N7/c1-2-10-39(11-3-1)54-60-55(62-56(61-54)41-25-29-44(30-26-41)63-52-15-6-4-12-45(52)46-13-5-7-16-53(46)63)40-21-17-36(18-22-40)47-31-27-37-19-23-42(34-50(37)58-47)43-24-20-38-28-32-49(59-51(38)35-43)48-14-8-9-33-57-48/h1-35H. The third-order valence-electron chi connectivity index (χ3n) is 11.7. The molecule has 7 heteroatoms. The zero-order valence-corrected chi connectivity index (χ0v) is 33.8. The van der Waals surface area contributed by atoms with E-state index in [0.29, 0.717) is 17.5 Å². The van der Waals surface area contributed by atoms with Crippen LogP contribution < -0.4 is 0 Å². The van der Waals surface area contributed by atoms with Gasteiger partial charge in [0, 0.05) is 55.7 Å². The number of para-hydroxylation sites is 2. The molecule has 7 aromatic carbocycles. The summed E-state index contributed by atoms with van der Waals surface area (Å²) in [6.07, 6.45) is 1.80. The topological polar surface area (TPSA) is 82.3 Å². The first-order valence-electron chi connectivity index (χ1n) is 20.9. The fourth-order valence-electron chi connectivity index (χ4n) is 8.51. The van der Waals surface area contributed by atoms with E-state index in [-0.39, 0.29) is 0 Å². The molecule has 294 valence electrons. The molecule has 5 aromatic heterocycles. The van der Waals surface area contributed by atoms with Crippen LogP contribution in [-0.4, -0.2) is 34.5 Å². The quantitative estimate of drug-likeness (QED) is 0.160. The van der Waals surface area contributed by atoms with Crippen molar-refractivity contribution in [3.63, 3.8) is 0 Å². The van der Waals surface area contributed by atoms with E-state index in [0.717, 1.165) is 78.0 Å². The average molecular weight is 806 g/mol. The van der Waals surface area contributed by atoms with Crippen molar-refractivity contribution in [1.29, 1.82) is 0 Å². The van der Waals surface area contributed by atoms with Crippen molar-refractivity contribution >= 4 is 43.6 Å². The minimum Gasteiger partial charge on any atom is -0.309 e. The second-order valence-electron chi connectivity index (χ2n) is 15.6. The maximum Gasteiger partial charge on any atom is 0.164 e. The van der Waals surface area contributed by atoms with Gasteiger partial charge in [-0.05, 0) is 83.9 Å². The van der Waals surface area contributed by atoms with Crippen LogP contribution >= 0.6 is 0 Å². The highest BCUT2D eigenvalue weighted by Crippen LogP contribution is 2.34. The molecule has 0 spiro atoms. The van der Waals surface area contributed by atoms with Crippen molar-refractivity contribution < 1.29 is 0 Å². The number of pyridine rings is 3. The van der Waals surface area contributed by atoms with E-state index in [1.54, 1.807) is 6.20 Å². The Bertz CT molecular complexity index is 3610. The van der Waals surface area contributed by atoms with Crippen LogP contribution in [0.4, 0.5) is 0 Å². The van der Waals surface area contributed by atoms with Crippen molar-refractivity contribution in [1.82, 2.24) is 34.5 Å². The Morgan fingerprint density at radius 1 is 0.302 bits per heavy atom. The molecular weight excluding hydrogens is 771 g/mol. The van der Waals surface area contributed by atoms with Gasteiger partial charge in [0.15, 0.2) is 17.5 Å². The van der Waals surface area contributed by atoms with Crippen LogP contribution in [0.1, 0.15) is 0 Å². The van der Waals surface area contributed by atoms with Gasteiger partial charge in [0.25, 0.3) is 0 Å². The molecule has 0 unspecified atom stereocenters. The molecule has 0 aliphatic rings. The van der Waals surface area contributed by atoms with Crippen LogP contribution in [-0.2, 0) is 0 Å². The second-order valence-corrected chi connectivity index (χ2v) is 15.6. The van der Waals surface area contributed by atoms with Gasteiger partial charge in [0.2, 0.25) is 0 Å². The summed E-state index contributed by atoms with van der Waals surface area (Å²) in [6.45, 7) is 0. The first-order chi connectivity index (χ1) is 31.2. The van der Waals surface area contributed by atoms with Crippen LogP contribution in [0.5, 0.6) is 0 Å². The number of rotatable bonds is 7. The maximum absolute atomic E-state index is 5.15. The molecule has 0 N–H and O–H groups in total. The predicted molar refractivity (Wildman–Crippen MR) is 255 cm³/mol. The van der Waals surface area contributed by atoms with Gasteiger partial charge in [0.05, 0.1) is 39.1 Å². The molecule has 0 radical (unpaired) electrons. The molecule has 12 rings (SSSR count). The third kappa shape index (κ3) is 6.65. The van der Waals surface area contributed by atoms with Gasteiger partial charge >= 0.3 is 0 Å². The Morgan fingerprint density at radius 3 is 1.35 bits per heavy atom. The first-order valence-corrected chi connectivity index (χ1v) is 20.9. The fraction of sp³-hybridized carbons (Fsp3) is 0. The summed E-state index contributed by atoms with van der Waals surface area (Å²) >= 11 is 0. The largest absolute Gasteiger partial charge is 0.309 e. The summed E-state index contributed by atoms with van der Waals surface area (Å²) in [4.78, 5) is 29.7. The highest BCUT2D eigenvalue weighted by atomic mass is 15.0. The van der Waals surface area contributed by atoms with Gasteiger partial charge in [-0.15, -0.1) is 0 Å². The van der Waals surface area contributed by atoms with Crippen molar-refractivity contribution in [2.24, 2.45) is 0 Å². The summed E-state index contributed by atoms with van der Waals surface area (Å²) in [6, 6.07) is 71.1. The molecular formula is C56H35N7. The molecule has 0 bridgehead atoms. The van der Waals surface area contributed by atoms with E-state index in [4.69, 9.17) is 24.9 Å². The fourth-order valence-corrected chi connectivity index (χ4v) is 8.51. The molecule has 0 saturated carbocycles. The number of hydrogen-bond donors (Lipinski definition) is 0. The van der Waals surface area contributed by atoms with E-state index < -0.39 is 0 Å². The highest BCUT2D eigenvalue weighted by Gasteiger charge is 2.16. The molecule has 0 aliphatic carbocycles. The smallest absolute Gasteiger partial charge is 0.164 e. The summed E-state index contributed by atoms with van der Waals surface area (Å²) in [5.41, 5.74) is 13.7. The highest BCUT2D eigenvalue weighted by molar-refractivity contribution is 6.09. The van der Waals surface area contributed by atoms with Crippen LogP contribution in [0, 0.1) is 0 Å². The van der Waals surface area contributed by atoms with Gasteiger partial charge in [-0.3, -0.25) is 4.98 Å². The first kappa shape index (κ1) is 36.2. The summed E-state index contributed by atoms with van der Waals surface area (Å²) in [7, 11) is 0. The number of benzene rings is 7. The minimum absolute atomic E-state index is 0.602. The average Bonchev–Trinajstić information content (AvgIpc) is 3.70. The summed E-state index contributed by atoms with van der Waals surface area (Å²) in [5.74, 6) is 1.83. The number of nitrogens with zero attached hydrogens (tertiary/aromatic N) is 7. The van der Waals surface area contributed by atoms with Crippen molar-refractivity contribution in [3.8, 4) is 73.6 Å². The van der Waals surface area contributed by atoms with Crippen molar-refractivity contribution in [3.05, 3.63) is 212 Å². The number of aromatic nitrogens is 7. The van der Waals surface area contributed by atoms with E-state index in [2.05, 4.69) is 161 Å². The normalized spacial score (nSPS) is 11.5. The van der Waals surface area contributed by atoms with E-state index in [9.17, 15) is 0 Å². The van der Waals surface area contributed by atoms with Gasteiger partial charge in [-0.2, -0.15) is 0 Å². The Balaban J connectivity index is 0.866. The Hall–Kier alpha value is -8.68. The van der Waals surface area contributed by atoms with Crippen LogP contribution in [0.15, 0.2) is 212 Å². The van der Waals surface area contributed by atoms with E-state index >= 15 is 0 Å². The molecule has 12 aromatic rings.